The average molecular weight is 433 g/mol. The first-order chi connectivity index (χ1) is 14.7. The second-order valence-electron chi connectivity index (χ2n) is 8.25. The summed E-state index contributed by atoms with van der Waals surface area (Å²) in [5, 5.41) is 8.53. The smallest absolute Gasteiger partial charge is 0.308 e. The minimum absolute atomic E-state index is 0.0492. The molecular formula is C22H32N4O5. The molecule has 1 aromatic rings. The zero-order valence-electron chi connectivity index (χ0n) is 18.6. The van der Waals surface area contributed by atoms with Crippen LogP contribution in [0.3, 0.4) is 0 Å². The summed E-state index contributed by atoms with van der Waals surface area (Å²) < 4.78 is 5.17. The van der Waals surface area contributed by atoms with E-state index in [1.54, 1.807) is 38.1 Å². The fourth-order valence-electron chi connectivity index (χ4n) is 2.97. The van der Waals surface area contributed by atoms with E-state index in [0.29, 0.717) is 24.5 Å². The van der Waals surface area contributed by atoms with Gasteiger partial charge in [0.2, 0.25) is 17.7 Å². The second-order valence-corrected chi connectivity index (χ2v) is 8.25. The molecule has 2 rings (SSSR count). The molecule has 0 bridgehead atoms. The molecule has 0 aliphatic carbocycles. The monoisotopic (exact) mass is 432 g/mol. The minimum Gasteiger partial charge on any atom is -0.465 e. The van der Waals surface area contributed by atoms with Gasteiger partial charge in [-0.25, -0.2) is 0 Å². The largest absolute Gasteiger partial charge is 0.465 e. The lowest BCUT2D eigenvalue weighted by atomic mass is 10.1. The lowest BCUT2D eigenvalue weighted by molar-refractivity contribution is -0.152. The van der Waals surface area contributed by atoms with Gasteiger partial charge in [0.1, 0.15) is 6.04 Å². The summed E-state index contributed by atoms with van der Waals surface area (Å²) in [7, 11) is 0. The molecule has 1 atom stereocenters. The first-order valence-electron chi connectivity index (χ1n) is 10.5. The Bertz CT molecular complexity index is 809. The Balaban J connectivity index is 1.97. The SMILES string of the molecule is CC(C)COC(=O)CC1C(=O)NCCN1C(=O)CNc1cccc(NC(=O)C(C)C)c1. The highest BCUT2D eigenvalue weighted by Crippen LogP contribution is 2.17. The number of hydrogen-bond donors (Lipinski definition) is 3. The number of carbonyl (C=O) groups excluding carboxylic acids is 4. The highest BCUT2D eigenvalue weighted by molar-refractivity contribution is 5.94. The highest BCUT2D eigenvalue weighted by Gasteiger charge is 2.35. The van der Waals surface area contributed by atoms with E-state index in [2.05, 4.69) is 16.0 Å². The van der Waals surface area contributed by atoms with Gasteiger partial charge in [0.15, 0.2) is 0 Å². The molecule has 1 unspecified atom stereocenters. The molecule has 31 heavy (non-hydrogen) atoms. The Morgan fingerprint density at radius 2 is 1.90 bits per heavy atom. The number of carbonyl (C=O) groups is 4. The Kier molecular flexibility index (Phi) is 8.84. The number of nitrogens with one attached hydrogen (secondary N) is 3. The van der Waals surface area contributed by atoms with E-state index in [-0.39, 0.29) is 49.1 Å². The first-order valence-corrected chi connectivity index (χ1v) is 10.5. The summed E-state index contributed by atoms with van der Waals surface area (Å²) in [6.45, 7) is 8.33. The van der Waals surface area contributed by atoms with Crippen molar-refractivity contribution in [1.29, 1.82) is 0 Å². The van der Waals surface area contributed by atoms with Crippen molar-refractivity contribution in [1.82, 2.24) is 10.2 Å². The first kappa shape index (κ1) is 24.2. The fraction of sp³-hybridized carbons (Fsp3) is 0.545. The maximum Gasteiger partial charge on any atom is 0.308 e. The van der Waals surface area contributed by atoms with Crippen molar-refractivity contribution < 1.29 is 23.9 Å². The van der Waals surface area contributed by atoms with E-state index in [4.69, 9.17) is 4.74 Å². The highest BCUT2D eigenvalue weighted by atomic mass is 16.5. The van der Waals surface area contributed by atoms with Crippen LogP contribution >= 0.6 is 0 Å². The van der Waals surface area contributed by atoms with Gasteiger partial charge in [-0.05, 0) is 24.1 Å². The van der Waals surface area contributed by atoms with E-state index in [1.165, 1.54) is 4.90 Å². The molecule has 1 aliphatic heterocycles. The molecule has 170 valence electrons. The van der Waals surface area contributed by atoms with Crippen LogP contribution in [0.15, 0.2) is 24.3 Å². The molecule has 9 heteroatoms. The predicted octanol–water partition coefficient (Wildman–Crippen LogP) is 1.61. The maximum absolute atomic E-state index is 12.8. The summed E-state index contributed by atoms with van der Waals surface area (Å²) in [5.74, 6) is -1.22. The van der Waals surface area contributed by atoms with Crippen LogP contribution in [-0.2, 0) is 23.9 Å². The van der Waals surface area contributed by atoms with Gasteiger partial charge in [-0.1, -0.05) is 33.8 Å². The van der Waals surface area contributed by atoms with Gasteiger partial charge in [0.05, 0.1) is 19.6 Å². The van der Waals surface area contributed by atoms with Crippen molar-refractivity contribution in [2.45, 2.75) is 40.2 Å². The molecule has 3 amide bonds. The van der Waals surface area contributed by atoms with Crippen molar-refractivity contribution in [3.63, 3.8) is 0 Å². The fourth-order valence-corrected chi connectivity index (χ4v) is 2.97. The summed E-state index contributed by atoms with van der Waals surface area (Å²) in [4.78, 5) is 50.4. The third kappa shape index (κ3) is 7.58. The third-order valence-electron chi connectivity index (χ3n) is 4.69. The van der Waals surface area contributed by atoms with E-state index in [9.17, 15) is 19.2 Å². The van der Waals surface area contributed by atoms with Gasteiger partial charge in [0.25, 0.3) is 0 Å². The molecule has 0 aromatic heterocycles. The topological polar surface area (TPSA) is 117 Å². The average Bonchev–Trinajstić information content (AvgIpc) is 2.72. The number of ether oxygens (including phenoxy) is 1. The number of anilines is 2. The molecule has 3 N–H and O–H groups in total. The van der Waals surface area contributed by atoms with Gasteiger partial charge in [-0.2, -0.15) is 0 Å². The predicted molar refractivity (Wildman–Crippen MR) is 117 cm³/mol. The van der Waals surface area contributed by atoms with Crippen molar-refractivity contribution in [3.05, 3.63) is 24.3 Å². The van der Waals surface area contributed by atoms with Gasteiger partial charge in [-0.15, -0.1) is 0 Å². The number of piperazine rings is 1. The molecule has 1 aromatic carbocycles. The van der Waals surface area contributed by atoms with Gasteiger partial charge < -0.3 is 25.6 Å². The number of rotatable bonds is 9. The van der Waals surface area contributed by atoms with Crippen LogP contribution in [0.4, 0.5) is 11.4 Å². The zero-order valence-corrected chi connectivity index (χ0v) is 18.6. The van der Waals surface area contributed by atoms with Gasteiger partial charge in [0, 0.05) is 30.4 Å². The molecule has 1 heterocycles. The number of amides is 3. The van der Waals surface area contributed by atoms with Crippen LogP contribution in [0, 0.1) is 11.8 Å². The summed E-state index contributed by atoms with van der Waals surface area (Å²) >= 11 is 0. The Labute approximate surface area is 182 Å². The maximum atomic E-state index is 12.8. The summed E-state index contributed by atoms with van der Waals surface area (Å²) in [6, 6.07) is 6.16. The number of hydrogen-bond acceptors (Lipinski definition) is 6. The van der Waals surface area contributed by atoms with Gasteiger partial charge in [-0.3, -0.25) is 19.2 Å². The van der Waals surface area contributed by atoms with Crippen LogP contribution in [0.25, 0.3) is 0 Å². The molecule has 1 aliphatic rings. The van der Waals surface area contributed by atoms with Crippen LogP contribution in [0.1, 0.15) is 34.1 Å². The van der Waals surface area contributed by atoms with Crippen LogP contribution < -0.4 is 16.0 Å². The lowest BCUT2D eigenvalue weighted by Gasteiger charge is -2.34. The normalized spacial score (nSPS) is 16.1. The quantitative estimate of drug-likeness (QED) is 0.511. The zero-order chi connectivity index (χ0) is 23.0. The van der Waals surface area contributed by atoms with E-state index < -0.39 is 12.0 Å². The van der Waals surface area contributed by atoms with Crippen molar-refractivity contribution in [2.75, 3.05) is 36.9 Å². The molecule has 0 spiro atoms. The molecule has 9 nitrogen and oxygen atoms in total. The molecule has 1 saturated heterocycles. The van der Waals surface area contributed by atoms with Gasteiger partial charge >= 0.3 is 5.97 Å². The second kappa shape index (κ2) is 11.3. The van der Waals surface area contributed by atoms with Crippen molar-refractivity contribution in [2.24, 2.45) is 11.8 Å². The summed E-state index contributed by atoms with van der Waals surface area (Å²) in [6.07, 6.45) is -0.180. The van der Waals surface area contributed by atoms with Crippen LogP contribution in [0.2, 0.25) is 0 Å². The molecule has 0 saturated carbocycles. The van der Waals surface area contributed by atoms with Crippen molar-refractivity contribution in [3.8, 4) is 0 Å². The van der Waals surface area contributed by atoms with Crippen LogP contribution in [-0.4, -0.2) is 60.9 Å². The van der Waals surface area contributed by atoms with Crippen molar-refractivity contribution >= 4 is 35.1 Å². The standard InChI is InChI=1S/C22H32N4O5/c1-14(2)13-31-20(28)11-18-22(30)23-8-9-26(18)19(27)12-24-16-6-5-7-17(10-16)25-21(29)15(3)4/h5-7,10,14-15,18,24H,8-9,11-13H2,1-4H3,(H,23,30)(H,25,29). The lowest BCUT2D eigenvalue weighted by Crippen LogP contribution is -2.58. The Hall–Kier alpha value is -3.10. The Morgan fingerprint density at radius 3 is 2.58 bits per heavy atom. The number of benzene rings is 1. The van der Waals surface area contributed by atoms with E-state index in [1.807, 2.05) is 13.8 Å². The summed E-state index contributed by atoms with van der Waals surface area (Å²) in [5.41, 5.74) is 1.28. The minimum atomic E-state index is -0.889. The van der Waals surface area contributed by atoms with Crippen LogP contribution in [0.5, 0.6) is 0 Å². The van der Waals surface area contributed by atoms with E-state index in [0.717, 1.165) is 0 Å². The third-order valence-corrected chi connectivity index (χ3v) is 4.69. The van der Waals surface area contributed by atoms with E-state index >= 15 is 0 Å². The number of esters is 1. The number of nitrogens with zero attached hydrogens (tertiary/aromatic N) is 1. The Morgan fingerprint density at radius 1 is 1.19 bits per heavy atom. The molecule has 1 fully saturated rings. The molecule has 0 radical (unpaired) electrons. The molecular weight excluding hydrogens is 400 g/mol.